The highest BCUT2D eigenvalue weighted by Gasteiger charge is 2.08. The molecule has 106 valence electrons. The van der Waals surface area contributed by atoms with Crippen LogP contribution in [0.5, 0.6) is 0 Å². The van der Waals surface area contributed by atoms with Crippen LogP contribution in [-0.2, 0) is 4.79 Å². The number of nitrogens with zero attached hydrogens (tertiary/aromatic N) is 2. The summed E-state index contributed by atoms with van der Waals surface area (Å²) in [5.41, 5.74) is 0.626. The fourth-order valence-electron chi connectivity index (χ4n) is 1.38. The summed E-state index contributed by atoms with van der Waals surface area (Å²) in [5, 5.41) is 14.0. The van der Waals surface area contributed by atoms with E-state index in [0.29, 0.717) is 18.0 Å². The third kappa shape index (κ3) is 5.48. The topological polar surface area (TPSA) is 94.9 Å². The van der Waals surface area contributed by atoms with Crippen molar-refractivity contribution in [3.8, 4) is 6.07 Å². The lowest BCUT2D eigenvalue weighted by atomic mass is 10.2. The van der Waals surface area contributed by atoms with Gasteiger partial charge < -0.3 is 10.6 Å². The van der Waals surface area contributed by atoms with Crippen LogP contribution < -0.4 is 10.6 Å². The summed E-state index contributed by atoms with van der Waals surface area (Å²) >= 11 is 0. The molecule has 20 heavy (non-hydrogen) atoms. The van der Waals surface area contributed by atoms with Gasteiger partial charge in [-0.2, -0.15) is 5.26 Å². The van der Waals surface area contributed by atoms with Crippen LogP contribution >= 0.6 is 0 Å². The molecular formula is C14H18N4O2. The Morgan fingerprint density at radius 2 is 2.10 bits per heavy atom. The summed E-state index contributed by atoms with van der Waals surface area (Å²) in [6.45, 7) is 4.91. The van der Waals surface area contributed by atoms with Crippen LogP contribution in [0.1, 0.15) is 36.3 Å². The second kappa shape index (κ2) is 7.89. The third-order valence-electron chi connectivity index (χ3n) is 2.47. The Morgan fingerprint density at radius 1 is 1.35 bits per heavy atom. The van der Waals surface area contributed by atoms with E-state index in [-0.39, 0.29) is 30.5 Å². The summed E-state index contributed by atoms with van der Waals surface area (Å²) in [6.07, 6.45) is 1.57. The number of nitrogens with one attached hydrogen (secondary N) is 2. The number of aromatic nitrogens is 1. The Kier molecular flexibility index (Phi) is 6.17. The summed E-state index contributed by atoms with van der Waals surface area (Å²) in [7, 11) is 0. The van der Waals surface area contributed by atoms with Crippen molar-refractivity contribution in [2.45, 2.75) is 20.3 Å². The molecule has 1 heterocycles. The molecule has 0 aliphatic rings. The molecule has 0 saturated carbocycles. The molecule has 6 heteroatoms. The lowest BCUT2D eigenvalue weighted by Gasteiger charge is -2.08. The highest BCUT2D eigenvalue weighted by atomic mass is 16.2. The molecule has 1 rings (SSSR count). The van der Waals surface area contributed by atoms with Crippen LogP contribution in [0.25, 0.3) is 0 Å². The van der Waals surface area contributed by atoms with Crippen LogP contribution in [0.2, 0.25) is 0 Å². The number of nitriles is 1. The molecule has 0 aliphatic carbocycles. The Bertz CT molecular complexity index is 503. The Balaban J connectivity index is 2.32. The largest absolute Gasteiger partial charge is 0.356 e. The van der Waals surface area contributed by atoms with Crippen molar-refractivity contribution in [3.05, 3.63) is 29.6 Å². The van der Waals surface area contributed by atoms with Gasteiger partial charge in [0.2, 0.25) is 5.91 Å². The van der Waals surface area contributed by atoms with E-state index < -0.39 is 0 Å². The summed E-state index contributed by atoms with van der Waals surface area (Å²) < 4.78 is 0. The van der Waals surface area contributed by atoms with Gasteiger partial charge in [-0.1, -0.05) is 13.8 Å². The van der Waals surface area contributed by atoms with Gasteiger partial charge in [0.1, 0.15) is 11.8 Å². The second-order valence-electron chi connectivity index (χ2n) is 4.75. The first-order chi connectivity index (χ1) is 9.52. The first-order valence-electron chi connectivity index (χ1n) is 6.44. The number of carbonyl (C=O) groups excluding carboxylic acids is 2. The van der Waals surface area contributed by atoms with Crippen molar-refractivity contribution in [1.82, 2.24) is 15.6 Å². The molecule has 0 radical (unpaired) electrons. The Hall–Kier alpha value is -2.42. The lowest BCUT2D eigenvalue weighted by Crippen LogP contribution is -2.32. The van der Waals surface area contributed by atoms with Gasteiger partial charge in [-0.05, 0) is 18.1 Å². The third-order valence-corrected chi connectivity index (χ3v) is 2.47. The van der Waals surface area contributed by atoms with Gasteiger partial charge in [-0.3, -0.25) is 9.59 Å². The molecule has 0 atom stereocenters. The summed E-state index contributed by atoms with van der Waals surface area (Å²) in [6, 6.07) is 4.93. The van der Waals surface area contributed by atoms with Gasteiger partial charge in [0.15, 0.2) is 0 Å². The van der Waals surface area contributed by atoms with Gasteiger partial charge >= 0.3 is 0 Å². The van der Waals surface area contributed by atoms with E-state index in [1.807, 2.05) is 19.9 Å². The molecule has 0 aromatic carbocycles. The number of rotatable bonds is 6. The van der Waals surface area contributed by atoms with Gasteiger partial charge in [0, 0.05) is 25.7 Å². The minimum atomic E-state index is -0.355. The van der Waals surface area contributed by atoms with Gasteiger partial charge in [0.25, 0.3) is 5.91 Å². The van der Waals surface area contributed by atoms with E-state index in [4.69, 9.17) is 5.26 Å². The highest BCUT2D eigenvalue weighted by molar-refractivity contribution is 5.92. The molecule has 0 unspecified atom stereocenters. The predicted molar refractivity (Wildman–Crippen MR) is 73.7 cm³/mol. The second-order valence-corrected chi connectivity index (χ2v) is 4.75. The molecule has 0 fully saturated rings. The van der Waals surface area contributed by atoms with Crippen molar-refractivity contribution >= 4 is 11.8 Å². The molecule has 0 aliphatic heterocycles. The number of hydrogen-bond donors (Lipinski definition) is 2. The highest BCUT2D eigenvalue weighted by Crippen LogP contribution is 1.98. The normalized spacial score (nSPS) is 9.90. The number of amides is 2. The quantitative estimate of drug-likeness (QED) is 0.803. The molecule has 2 amide bonds. The molecular weight excluding hydrogens is 256 g/mol. The zero-order chi connectivity index (χ0) is 15.0. The number of carbonyl (C=O) groups is 2. The maximum absolute atomic E-state index is 11.7. The molecule has 0 spiro atoms. The predicted octanol–water partition coefficient (Wildman–Crippen LogP) is 0.845. The molecule has 1 aromatic rings. The monoisotopic (exact) mass is 274 g/mol. The molecule has 0 bridgehead atoms. The van der Waals surface area contributed by atoms with Gasteiger partial charge in [-0.15, -0.1) is 0 Å². The van der Waals surface area contributed by atoms with Gasteiger partial charge in [-0.25, -0.2) is 4.98 Å². The zero-order valence-electron chi connectivity index (χ0n) is 11.6. The minimum Gasteiger partial charge on any atom is -0.356 e. The van der Waals surface area contributed by atoms with E-state index in [9.17, 15) is 9.59 Å². The van der Waals surface area contributed by atoms with Crippen molar-refractivity contribution in [2.24, 2.45) is 5.92 Å². The average Bonchev–Trinajstić information content (AvgIpc) is 2.45. The first-order valence-corrected chi connectivity index (χ1v) is 6.44. The van der Waals surface area contributed by atoms with E-state index >= 15 is 0 Å². The van der Waals surface area contributed by atoms with Crippen LogP contribution in [-0.4, -0.2) is 29.9 Å². The molecule has 2 N–H and O–H groups in total. The van der Waals surface area contributed by atoms with E-state index in [1.54, 1.807) is 0 Å². The standard InChI is InChI=1S/C14H18N4O2/c1-10(2)8-18-13(19)5-6-16-14(20)12-4-3-11(7-15)9-17-12/h3-4,9-10H,5-6,8H2,1-2H3,(H,16,20)(H,18,19). The SMILES string of the molecule is CC(C)CNC(=O)CCNC(=O)c1ccc(C#N)cn1. The number of pyridine rings is 1. The number of hydrogen-bond acceptors (Lipinski definition) is 4. The molecule has 1 aromatic heterocycles. The van der Waals surface area contributed by atoms with Crippen LogP contribution in [0.15, 0.2) is 18.3 Å². The first kappa shape index (κ1) is 15.6. The lowest BCUT2D eigenvalue weighted by molar-refractivity contribution is -0.121. The summed E-state index contributed by atoms with van der Waals surface area (Å²) in [4.78, 5) is 27.0. The van der Waals surface area contributed by atoms with Crippen LogP contribution in [0.4, 0.5) is 0 Å². The van der Waals surface area contributed by atoms with Crippen LogP contribution in [0, 0.1) is 17.2 Å². The van der Waals surface area contributed by atoms with Crippen molar-refractivity contribution in [2.75, 3.05) is 13.1 Å². The summed E-state index contributed by atoms with van der Waals surface area (Å²) in [5.74, 6) is -0.0469. The molecule has 6 nitrogen and oxygen atoms in total. The van der Waals surface area contributed by atoms with E-state index in [1.165, 1.54) is 18.3 Å². The smallest absolute Gasteiger partial charge is 0.269 e. The van der Waals surface area contributed by atoms with Crippen molar-refractivity contribution < 1.29 is 9.59 Å². The van der Waals surface area contributed by atoms with Gasteiger partial charge in [0.05, 0.1) is 5.56 Å². The van der Waals surface area contributed by atoms with Crippen LogP contribution in [0.3, 0.4) is 0 Å². The Labute approximate surface area is 118 Å². The zero-order valence-corrected chi connectivity index (χ0v) is 11.6. The fourth-order valence-corrected chi connectivity index (χ4v) is 1.38. The van der Waals surface area contributed by atoms with E-state index in [2.05, 4.69) is 15.6 Å². The molecule has 0 saturated heterocycles. The van der Waals surface area contributed by atoms with Crippen molar-refractivity contribution in [1.29, 1.82) is 5.26 Å². The Morgan fingerprint density at radius 3 is 2.65 bits per heavy atom. The average molecular weight is 274 g/mol. The van der Waals surface area contributed by atoms with Crippen molar-refractivity contribution in [3.63, 3.8) is 0 Å². The fraction of sp³-hybridized carbons (Fsp3) is 0.429. The maximum Gasteiger partial charge on any atom is 0.269 e. The maximum atomic E-state index is 11.7. The van der Waals surface area contributed by atoms with E-state index in [0.717, 1.165) is 0 Å². The minimum absolute atomic E-state index is 0.0909.